The van der Waals surface area contributed by atoms with Gasteiger partial charge in [0.1, 0.15) is 18.7 Å². The molecule has 0 radical (unpaired) electrons. The third-order valence-electron chi connectivity index (χ3n) is 5.74. The fourth-order valence-electron chi connectivity index (χ4n) is 4.15. The van der Waals surface area contributed by atoms with Crippen molar-refractivity contribution in [3.05, 3.63) is 35.4 Å². The molecule has 4 atom stereocenters. The highest BCUT2D eigenvalue weighted by Crippen LogP contribution is 2.30. The largest absolute Gasteiger partial charge is 0.364 e. The molecular weight excluding hydrogens is 354 g/mol. The average molecular weight is 383 g/mol. The van der Waals surface area contributed by atoms with Crippen molar-refractivity contribution in [3.63, 3.8) is 0 Å². The first-order valence-electron chi connectivity index (χ1n) is 10.0. The van der Waals surface area contributed by atoms with Crippen LogP contribution < -0.4 is 11.1 Å². The zero-order valence-electron chi connectivity index (χ0n) is 16.4. The van der Waals surface area contributed by atoms with E-state index in [2.05, 4.69) is 23.4 Å². The van der Waals surface area contributed by atoms with Crippen LogP contribution in [0.4, 0.5) is 0 Å². The Kier molecular flexibility index (Phi) is 6.71. The van der Waals surface area contributed by atoms with Crippen molar-refractivity contribution in [1.82, 2.24) is 10.2 Å². The van der Waals surface area contributed by atoms with Gasteiger partial charge in [-0.25, -0.2) is 0 Å². The van der Waals surface area contributed by atoms with Gasteiger partial charge < -0.3 is 20.7 Å². The molecule has 1 saturated heterocycles. The van der Waals surface area contributed by atoms with Crippen LogP contribution in [0.25, 0.3) is 0 Å². The van der Waals surface area contributed by atoms with Gasteiger partial charge in [0.15, 0.2) is 0 Å². The molecule has 1 aromatic carbocycles. The minimum atomic E-state index is -0.836. The molecule has 0 saturated carbocycles. The van der Waals surface area contributed by atoms with Crippen LogP contribution in [0.2, 0.25) is 0 Å². The Morgan fingerprint density at radius 2 is 2.14 bits per heavy atom. The number of carbonyl (C=O) groups excluding carboxylic acids is 2. The Morgan fingerprint density at radius 3 is 2.93 bits per heavy atom. The molecule has 1 heterocycles. The Labute approximate surface area is 166 Å². The summed E-state index contributed by atoms with van der Waals surface area (Å²) in [5, 5.41) is 3.17. The number of aryl methyl sites for hydroxylation is 1. The molecule has 0 bridgehead atoms. The van der Waals surface area contributed by atoms with Gasteiger partial charge in [0.2, 0.25) is 11.8 Å². The maximum atomic E-state index is 13.0. The van der Waals surface area contributed by atoms with Gasteiger partial charge in [-0.1, -0.05) is 30.2 Å². The molecule has 0 aromatic heterocycles. The van der Waals surface area contributed by atoms with Crippen LogP contribution in [0.15, 0.2) is 24.3 Å². The molecule has 3 N–H and O–H groups in total. The van der Waals surface area contributed by atoms with E-state index in [0.717, 1.165) is 25.7 Å². The second-order valence-corrected chi connectivity index (χ2v) is 7.59. The number of nitrogens with two attached hydrogens (primary N) is 1. The lowest BCUT2D eigenvalue weighted by molar-refractivity contribution is -0.142. The summed E-state index contributed by atoms with van der Waals surface area (Å²) < 4.78 is 5.38. The number of amides is 2. The molecule has 2 amide bonds. The molecule has 1 unspecified atom stereocenters. The normalized spacial score (nSPS) is 23.4. The number of hydrogen-bond acceptors (Lipinski definition) is 4. The van der Waals surface area contributed by atoms with E-state index in [1.165, 1.54) is 11.1 Å². The lowest BCUT2D eigenvalue weighted by atomic mass is 9.87. The number of likely N-dealkylation sites (tertiary alicyclic amines) is 1. The third-order valence-corrected chi connectivity index (χ3v) is 5.74. The number of fused-ring (bicyclic) bond motifs is 1. The zero-order valence-corrected chi connectivity index (χ0v) is 16.4. The predicted octanol–water partition coefficient (Wildman–Crippen LogP) is 1.54. The van der Waals surface area contributed by atoms with Crippen molar-refractivity contribution in [1.29, 1.82) is 0 Å². The second-order valence-electron chi connectivity index (χ2n) is 7.59. The Bertz CT molecular complexity index is 758. The van der Waals surface area contributed by atoms with Gasteiger partial charge in [-0.3, -0.25) is 9.59 Å². The highest BCUT2D eigenvalue weighted by molar-refractivity contribution is 5.90. The zero-order chi connectivity index (χ0) is 20.1. The van der Waals surface area contributed by atoms with E-state index >= 15 is 0 Å². The van der Waals surface area contributed by atoms with Crippen molar-refractivity contribution < 1.29 is 14.3 Å². The van der Waals surface area contributed by atoms with E-state index in [0.29, 0.717) is 13.0 Å². The monoisotopic (exact) mass is 383 g/mol. The third kappa shape index (κ3) is 4.37. The number of benzene rings is 1. The van der Waals surface area contributed by atoms with Gasteiger partial charge in [-0.2, -0.15) is 0 Å². The van der Waals surface area contributed by atoms with Crippen molar-refractivity contribution in [2.45, 2.75) is 63.3 Å². The van der Waals surface area contributed by atoms with Crippen LogP contribution in [0.3, 0.4) is 0 Å². The van der Waals surface area contributed by atoms with Crippen LogP contribution in [0, 0.1) is 12.3 Å². The second kappa shape index (κ2) is 9.22. The van der Waals surface area contributed by atoms with Crippen molar-refractivity contribution >= 4 is 11.8 Å². The van der Waals surface area contributed by atoms with E-state index in [1.807, 2.05) is 12.1 Å². The number of hydrogen-bond donors (Lipinski definition) is 2. The SMILES string of the molecule is C#CCO[C@H](C)[C@H](N)C(=O)N1CCC[C@H]1C(=O)NC1CCCc2ccccc21. The molecule has 150 valence electrons. The minimum absolute atomic E-state index is 0.00145. The number of ether oxygens (including phenoxy) is 1. The average Bonchev–Trinajstić information content (AvgIpc) is 3.21. The van der Waals surface area contributed by atoms with Gasteiger partial charge in [0, 0.05) is 6.54 Å². The van der Waals surface area contributed by atoms with E-state index in [-0.39, 0.29) is 24.5 Å². The maximum absolute atomic E-state index is 13.0. The fourth-order valence-corrected chi connectivity index (χ4v) is 4.15. The molecular formula is C22H29N3O3. The van der Waals surface area contributed by atoms with Crippen molar-refractivity contribution in [3.8, 4) is 12.3 Å². The number of carbonyl (C=O) groups is 2. The fraction of sp³-hybridized carbons (Fsp3) is 0.545. The van der Waals surface area contributed by atoms with E-state index in [4.69, 9.17) is 16.9 Å². The van der Waals surface area contributed by atoms with Gasteiger partial charge in [0.25, 0.3) is 0 Å². The van der Waals surface area contributed by atoms with Crippen LogP contribution in [0.1, 0.15) is 49.8 Å². The molecule has 1 aromatic rings. The molecule has 1 fully saturated rings. The summed E-state index contributed by atoms with van der Waals surface area (Å²) in [5.41, 5.74) is 8.55. The van der Waals surface area contributed by atoms with E-state index < -0.39 is 18.2 Å². The molecule has 2 aliphatic rings. The molecule has 28 heavy (non-hydrogen) atoms. The van der Waals surface area contributed by atoms with Gasteiger partial charge in [-0.05, 0) is 50.2 Å². The predicted molar refractivity (Wildman–Crippen MR) is 107 cm³/mol. The van der Waals surface area contributed by atoms with Gasteiger partial charge in [0.05, 0.1) is 12.1 Å². The van der Waals surface area contributed by atoms with Gasteiger partial charge in [-0.15, -0.1) is 6.42 Å². The molecule has 0 spiro atoms. The molecule has 3 rings (SSSR count). The highest BCUT2D eigenvalue weighted by atomic mass is 16.5. The summed E-state index contributed by atoms with van der Waals surface area (Å²) in [5.74, 6) is 2.02. The molecule has 6 nitrogen and oxygen atoms in total. The number of nitrogens with one attached hydrogen (secondary N) is 1. The summed E-state index contributed by atoms with van der Waals surface area (Å²) >= 11 is 0. The number of nitrogens with zero attached hydrogens (tertiary/aromatic N) is 1. The first kappa shape index (κ1) is 20.4. The van der Waals surface area contributed by atoms with E-state index in [9.17, 15) is 9.59 Å². The van der Waals surface area contributed by atoms with Crippen molar-refractivity contribution in [2.24, 2.45) is 5.73 Å². The van der Waals surface area contributed by atoms with Crippen LogP contribution in [-0.2, 0) is 20.7 Å². The topological polar surface area (TPSA) is 84.7 Å². The first-order chi connectivity index (χ1) is 13.5. The highest BCUT2D eigenvalue weighted by Gasteiger charge is 2.38. The lowest BCUT2D eigenvalue weighted by Gasteiger charge is -2.31. The molecule has 1 aliphatic carbocycles. The number of rotatable bonds is 6. The maximum Gasteiger partial charge on any atom is 0.243 e. The minimum Gasteiger partial charge on any atom is -0.364 e. The standard InChI is InChI=1S/C22H29N3O3/c1-3-14-28-15(2)20(23)22(27)25-13-7-12-19(25)21(26)24-18-11-6-9-16-8-4-5-10-17(16)18/h1,4-5,8,10,15,18-20H,6-7,9,11-14,23H2,2H3,(H,24,26)/t15-,18?,19+,20+/m1/s1. The quantitative estimate of drug-likeness (QED) is 0.730. The summed E-state index contributed by atoms with van der Waals surface area (Å²) in [6.07, 6.45) is 9.14. The Hall–Kier alpha value is -2.36. The smallest absolute Gasteiger partial charge is 0.243 e. The summed E-state index contributed by atoms with van der Waals surface area (Å²) in [6.45, 7) is 2.37. The summed E-state index contributed by atoms with van der Waals surface area (Å²) in [7, 11) is 0. The first-order valence-corrected chi connectivity index (χ1v) is 10.0. The van der Waals surface area contributed by atoms with Crippen LogP contribution in [0.5, 0.6) is 0 Å². The number of terminal acetylenes is 1. The Balaban J connectivity index is 1.65. The van der Waals surface area contributed by atoms with Crippen LogP contribution >= 0.6 is 0 Å². The van der Waals surface area contributed by atoms with Gasteiger partial charge >= 0.3 is 0 Å². The van der Waals surface area contributed by atoms with Crippen LogP contribution in [-0.4, -0.2) is 48.1 Å². The summed E-state index contributed by atoms with van der Waals surface area (Å²) in [4.78, 5) is 27.4. The molecule has 6 heteroatoms. The lowest BCUT2D eigenvalue weighted by Crippen LogP contribution is -2.55. The molecule has 1 aliphatic heterocycles. The van der Waals surface area contributed by atoms with Crippen molar-refractivity contribution in [2.75, 3.05) is 13.2 Å². The Morgan fingerprint density at radius 1 is 1.36 bits per heavy atom. The summed E-state index contributed by atoms with van der Waals surface area (Å²) in [6, 6.07) is 6.93. The van der Waals surface area contributed by atoms with E-state index in [1.54, 1.807) is 11.8 Å².